The van der Waals surface area contributed by atoms with Gasteiger partial charge in [0.25, 0.3) is 5.91 Å². The molecule has 0 fully saturated rings. The van der Waals surface area contributed by atoms with Gasteiger partial charge in [-0.05, 0) is 12.1 Å². The number of amides is 1. The van der Waals surface area contributed by atoms with Crippen LogP contribution in [0.2, 0.25) is 0 Å². The molecule has 1 aromatic rings. The predicted octanol–water partition coefficient (Wildman–Crippen LogP) is 1.89. The third-order valence-corrected chi connectivity index (χ3v) is 2.95. The number of ether oxygens (including phenoxy) is 3. The fraction of sp³-hybridized carbons (Fsp3) is 0.286. The molecule has 0 atom stereocenters. The molecule has 1 aliphatic rings. The summed E-state index contributed by atoms with van der Waals surface area (Å²) in [4.78, 5) is 23.3. The normalized spacial score (nSPS) is 15.2. The van der Waals surface area contributed by atoms with Gasteiger partial charge in [-0.2, -0.15) is 13.2 Å². The van der Waals surface area contributed by atoms with Crippen LogP contribution < -0.4 is 14.8 Å². The van der Waals surface area contributed by atoms with Crippen molar-refractivity contribution in [3.05, 3.63) is 29.3 Å². The Morgan fingerprint density at radius 2 is 1.74 bits per heavy atom. The van der Waals surface area contributed by atoms with E-state index in [0.29, 0.717) is 17.1 Å². The molecule has 124 valence electrons. The Bertz CT molecular complexity index is 682. The van der Waals surface area contributed by atoms with E-state index < -0.39 is 24.7 Å². The number of rotatable bonds is 4. The van der Waals surface area contributed by atoms with Gasteiger partial charge >= 0.3 is 12.1 Å². The van der Waals surface area contributed by atoms with Crippen molar-refractivity contribution in [2.75, 3.05) is 20.8 Å². The van der Waals surface area contributed by atoms with Crippen LogP contribution in [-0.4, -0.2) is 38.9 Å². The Labute approximate surface area is 128 Å². The van der Waals surface area contributed by atoms with Gasteiger partial charge in [0, 0.05) is 11.6 Å². The molecule has 0 aliphatic carbocycles. The van der Waals surface area contributed by atoms with Gasteiger partial charge in [0.05, 0.1) is 25.5 Å². The van der Waals surface area contributed by atoms with Crippen molar-refractivity contribution in [3.8, 4) is 11.5 Å². The molecule has 0 unspecified atom stereocenters. The number of carbonyl (C=O) groups is 2. The summed E-state index contributed by atoms with van der Waals surface area (Å²) in [6, 6.07) is 2.85. The summed E-state index contributed by atoms with van der Waals surface area (Å²) in [6.45, 7) is -1.71. The molecule has 9 heteroatoms. The first-order valence-corrected chi connectivity index (χ1v) is 6.28. The van der Waals surface area contributed by atoms with Crippen molar-refractivity contribution in [2.45, 2.75) is 6.18 Å². The molecule has 1 aliphatic heterocycles. The summed E-state index contributed by atoms with van der Waals surface area (Å²) in [7, 11) is 2.78. The average Bonchev–Trinajstić information content (AvgIpc) is 2.78. The number of halogens is 3. The minimum atomic E-state index is -4.62. The number of nitrogens with one attached hydrogen (secondary N) is 1. The van der Waals surface area contributed by atoms with Gasteiger partial charge in [-0.1, -0.05) is 0 Å². The summed E-state index contributed by atoms with van der Waals surface area (Å²) in [5.74, 6) is -1.13. The molecule has 1 N–H and O–H groups in total. The highest BCUT2D eigenvalue weighted by Gasteiger charge is 2.30. The van der Waals surface area contributed by atoms with E-state index in [2.05, 4.69) is 10.1 Å². The number of fused-ring (bicyclic) bond motifs is 1. The zero-order chi connectivity index (χ0) is 17.2. The van der Waals surface area contributed by atoms with Crippen LogP contribution >= 0.6 is 0 Å². The molecule has 23 heavy (non-hydrogen) atoms. The lowest BCUT2D eigenvalue weighted by molar-refractivity contribution is -0.182. The number of hydrogen-bond donors (Lipinski definition) is 1. The molecular weight excluding hydrogens is 319 g/mol. The van der Waals surface area contributed by atoms with Crippen LogP contribution in [0.5, 0.6) is 11.5 Å². The standard InChI is InChI=1S/C14H12F3NO5/c1-21-10-3-7-8(4-11(10)22-2)13(20)18-9(7)5-12(19)23-6-14(15,16)17/h3-5H,6H2,1-2H3,(H,18,20)/b9-5-. The summed E-state index contributed by atoms with van der Waals surface area (Å²) in [6.07, 6.45) is -3.84. The lowest BCUT2D eigenvalue weighted by Crippen LogP contribution is -2.20. The second-order valence-electron chi connectivity index (χ2n) is 4.49. The van der Waals surface area contributed by atoms with Gasteiger partial charge < -0.3 is 19.5 Å². The fourth-order valence-corrected chi connectivity index (χ4v) is 1.97. The molecule has 0 radical (unpaired) electrons. The summed E-state index contributed by atoms with van der Waals surface area (Å²) >= 11 is 0. The van der Waals surface area contributed by atoms with Gasteiger partial charge in [0.1, 0.15) is 0 Å². The first-order chi connectivity index (χ1) is 10.7. The Hall–Kier alpha value is -2.71. The van der Waals surface area contributed by atoms with Crippen LogP contribution in [0.15, 0.2) is 18.2 Å². The van der Waals surface area contributed by atoms with E-state index in [0.717, 1.165) is 6.08 Å². The number of alkyl halides is 3. The van der Waals surface area contributed by atoms with Crippen LogP contribution in [0.4, 0.5) is 13.2 Å². The van der Waals surface area contributed by atoms with E-state index in [1.165, 1.54) is 26.4 Å². The monoisotopic (exact) mass is 331 g/mol. The molecular formula is C14H12F3NO5. The number of benzene rings is 1. The minimum absolute atomic E-state index is 0.0260. The summed E-state index contributed by atoms with van der Waals surface area (Å²) < 4.78 is 50.3. The predicted molar refractivity (Wildman–Crippen MR) is 72.0 cm³/mol. The minimum Gasteiger partial charge on any atom is -0.493 e. The van der Waals surface area contributed by atoms with Gasteiger partial charge in [-0.25, -0.2) is 4.79 Å². The van der Waals surface area contributed by atoms with Crippen molar-refractivity contribution >= 4 is 17.6 Å². The van der Waals surface area contributed by atoms with Crippen molar-refractivity contribution in [3.63, 3.8) is 0 Å². The zero-order valence-corrected chi connectivity index (χ0v) is 12.1. The SMILES string of the molecule is COc1cc2c(cc1OC)/C(=C/C(=O)OCC(F)(F)F)NC2=O. The van der Waals surface area contributed by atoms with Gasteiger partial charge in [0.15, 0.2) is 18.1 Å². The van der Waals surface area contributed by atoms with Crippen molar-refractivity contribution < 1.29 is 37.0 Å². The average molecular weight is 331 g/mol. The Morgan fingerprint density at radius 3 is 2.26 bits per heavy atom. The maximum absolute atomic E-state index is 12.0. The highest BCUT2D eigenvalue weighted by atomic mass is 19.4. The number of hydrogen-bond acceptors (Lipinski definition) is 5. The van der Waals surface area contributed by atoms with Crippen LogP contribution in [0.1, 0.15) is 15.9 Å². The lowest BCUT2D eigenvalue weighted by atomic mass is 10.1. The molecule has 0 saturated heterocycles. The van der Waals surface area contributed by atoms with Crippen molar-refractivity contribution in [1.29, 1.82) is 0 Å². The largest absolute Gasteiger partial charge is 0.493 e. The molecule has 1 amide bonds. The molecule has 0 saturated carbocycles. The second kappa shape index (κ2) is 6.19. The fourth-order valence-electron chi connectivity index (χ4n) is 1.97. The number of methoxy groups -OCH3 is 2. The Kier molecular flexibility index (Phi) is 4.48. The van der Waals surface area contributed by atoms with Crippen LogP contribution in [-0.2, 0) is 9.53 Å². The number of esters is 1. The topological polar surface area (TPSA) is 73.9 Å². The number of carbonyl (C=O) groups excluding carboxylic acids is 2. The molecule has 2 rings (SSSR count). The van der Waals surface area contributed by atoms with Crippen LogP contribution in [0.25, 0.3) is 5.70 Å². The van der Waals surface area contributed by atoms with Gasteiger partial charge in [0.2, 0.25) is 0 Å². The van der Waals surface area contributed by atoms with E-state index in [1.54, 1.807) is 0 Å². The van der Waals surface area contributed by atoms with Crippen molar-refractivity contribution in [2.24, 2.45) is 0 Å². The van der Waals surface area contributed by atoms with Crippen LogP contribution in [0, 0.1) is 0 Å². The highest BCUT2D eigenvalue weighted by molar-refractivity contribution is 6.12. The molecule has 1 aromatic carbocycles. The Balaban J connectivity index is 2.30. The van der Waals surface area contributed by atoms with E-state index in [4.69, 9.17) is 9.47 Å². The maximum atomic E-state index is 12.0. The molecule has 0 aromatic heterocycles. The lowest BCUT2D eigenvalue weighted by Gasteiger charge is -2.09. The van der Waals surface area contributed by atoms with E-state index in [9.17, 15) is 22.8 Å². The second-order valence-corrected chi connectivity index (χ2v) is 4.49. The molecule has 1 heterocycles. The molecule has 0 spiro atoms. The first kappa shape index (κ1) is 16.7. The first-order valence-electron chi connectivity index (χ1n) is 6.28. The van der Waals surface area contributed by atoms with Crippen LogP contribution in [0.3, 0.4) is 0 Å². The van der Waals surface area contributed by atoms with E-state index in [1.807, 2.05) is 0 Å². The quantitative estimate of drug-likeness (QED) is 0.674. The third-order valence-electron chi connectivity index (χ3n) is 2.95. The molecule has 6 nitrogen and oxygen atoms in total. The van der Waals surface area contributed by atoms with Gasteiger partial charge in [-0.3, -0.25) is 4.79 Å². The smallest absolute Gasteiger partial charge is 0.422 e. The maximum Gasteiger partial charge on any atom is 0.422 e. The molecule has 0 bridgehead atoms. The van der Waals surface area contributed by atoms with E-state index in [-0.39, 0.29) is 11.3 Å². The van der Waals surface area contributed by atoms with E-state index >= 15 is 0 Å². The summed E-state index contributed by atoms with van der Waals surface area (Å²) in [5.41, 5.74) is 0.534. The highest BCUT2D eigenvalue weighted by Crippen LogP contribution is 2.35. The Morgan fingerprint density at radius 1 is 1.17 bits per heavy atom. The van der Waals surface area contributed by atoms with Gasteiger partial charge in [-0.15, -0.1) is 0 Å². The zero-order valence-electron chi connectivity index (χ0n) is 12.1. The third kappa shape index (κ3) is 3.74. The van der Waals surface area contributed by atoms with Crippen molar-refractivity contribution in [1.82, 2.24) is 5.32 Å². The summed E-state index contributed by atoms with van der Waals surface area (Å²) in [5, 5.41) is 2.38.